The van der Waals surface area contributed by atoms with E-state index in [1.165, 1.54) is 24.9 Å². The van der Waals surface area contributed by atoms with Crippen LogP contribution in [0.25, 0.3) is 0 Å². The first kappa shape index (κ1) is 18.6. The van der Waals surface area contributed by atoms with Crippen molar-refractivity contribution in [2.45, 2.75) is 5.75 Å². The monoisotopic (exact) mass is 383 g/mol. The van der Waals surface area contributed by atoms with E-state index in [1.807, 2.05) is 12.1 Å². The third-order valence-electron chi connectivity index (χ3n) is 3.10. The summed E-state index contributed by atoms with van der Waals surface area (Å²) in [6.07, 6.45) is 0. The normalized spacial score (nSPS) is 10.3. The number of anilines is 1. The molecule has 0 saturated carbocycles. The molecule has 2 aromatic rings. The average molecular weight is 384 g/mol. The topological polar surface area (TPSA) is 55.4 Å². The van der Waals surface area contributed by atoms with E-state index in [4.69, 9.17) is 23.2 Å². The van der Waals surface area contributed by atoms with Crippen LogP contribution in [0, 0.1) is 0 Å². The second-order valence-electron chi connectivity index (χ2n) is 4.84. The molecule has 0 aliphatic heterocycles. The van der Waals surface area contributed by atoms with Crippen molar-refractivity contribution >= 4 is 52.5 Å². The van der Waals surface area contributed by atoms with Crippen molar-refractivity contribution in [1.82, 2.24) is 0 Å². The molecular formula is C17H15Cl2NO3S. The largest absolute Gasteiger partial charge is 0.468 e. The van der Waals surface area contributed by atoms with Crippen LogP contribution in [0.5, 0.6) is 0 Å². The van der Waals surface area contributed by atoms with Gasteiger partial charge in [0.25, 0.3) is 5.91 Å². The highest BCUT2D eigenvalue weighted by atomic mass is 35.5. The maximum Gasteiger partial charge on any atom is 0.315 e. The minimum atomic E-state index is -0.301. The van der Waals surface area contributed by atoms with Gasteiger partial charge >= 0.3 is 5.97 Å². The fourth-order valence-corrected chi connectivity index (χ4v) is 3.18. The van der Waals surface area contributed by atoms with Gasteiger partial charge in [-0.1, -0.05) is 35.3 Å². The lowest BCUT2D eigenvalue weighted by atomic mass is 10.2. The van der Waals surface area contributed by atoms with Gasteiger partial charge in [0.05, 0.1) is 23.4 Å². The number of carbonyl (C=O) groups is 2. The third kappa shape index (κ3) is 5.44. The highest BCUT2D eigenvalue weighted by Gasteiger charge is 2.11. The van der Waals surface area contributed by atoms with E-state index >= 15 is 0 Å². The summed E-state index contributed by atoms with van der Waals surface area (Å²) in [6.45, 7) is 0. The zero-order chi connectivity index (χ0) is 17.5. The van der Waals surface area contributed by atoms with Gasteiger partial charge in [-0.2, -0.15) is 0 Å². The number of hydrogen-bond donors (Lipinski definition) is 1. The Bertz CT molecular complexity index is 735. The number of amides is 1. The predicted octanol–water partition coefficient (Wildman–Crippen LogP) is 4.65. The Hall–Kier alpha value is -1.69. The zero-order valence-corrected chi connectivity index (χ0v) is 15.2. The number of benzene rings is 2. The molecule has 1 N–H and O–H groups in total. The lowest BCUT2D eigenvalue weighted by Gasteiger charge is -2.08. The van der Waals surface area contributed by atoms with Crippen LogP contribution in [-0.2, 0) is 15.3 Å². The Balaban J connectivity index is 1.93. The van der Waals surface area contributed by atoms with Crippen LogP contribution in [0.2, 0.25) is 10.0 Å². The van der Waals surface area contributed by atoms with Crippen molar-refractivity contribution in [3.63, 3.8) is 0 Å². The number of nitrogens with one attached hydrogen (secondary N) is 1. The average Bonchev–Trinajstić information content (AvgIpc) is 2.56. The van der Waals surface area contributed by atoms with Gasteiger partial charge in [-0.3, -0.25) is 9.59 Å². The molecule has 7 heteroatoms. The summed E-state index contributed by atoms with van der Waals surface area (Å²) in [5.74, 6) is 0.448. The van der Waals surface area contributed by atoms with Gasteiger partial charge in [0.15, 0.2) is 0 Å². The predicted molar refractivity (Wildman–Crippen MR) is 99.0 cm³/mol. The Morgan fingerprint density at radius 1 is 1.12 bits per heavy atom. The summed E-state index contributed by atoms with van der Waals surface area (Å²) in [5, 5.41) is 3.56. The number of thioether (sulfide) groups is 1. The molecule has 4 nitrogen and oxygen atoms in total. The first-order chi connectivity index (χ1) is 11.5. The van der Waals surface area contributed by atoms with E-state index in [-0.39, 0.29) is 11.9 Å². The summed E-state index contributed by atoms with van der Waals surface area (Å²) < 4.78 is 4.58. The zero-order valence-electron chi connectivity index (χ0n) is 12.8. The van der Waals surface area contributed by atoms with Crippen LogP contribution in [0.4, 0.5) is 5.69 Å². The van der Waals surface area contributed by atoms with Crippen LogP contribution in [-0.4, -0.2) is 24.7 Å². The lowest BCUT2D eigenvalue weighted by Crippen LogP contribution is -2.12. The highest BCUT2D eigenvalue weighted by Crippen LogP contribution is 2.22. The second-order valence-corrected chi connectivity index (χ2v) is 6.67. The molecular weight excluding hydrogens is 369 g/mol. The van der Waals surface area contributed by atoms with Crippen LogP contribution in [0.3, 0.4) is 0 Å². The van der Waals surface area contributed by atoms with Gasteiger partial charge < -0.3 is 10.1 Å². The molecule has 0 spiro atoms. The molecule has 0 fully saturated rings. The Kier molecular flexibility index (Phi) is 6.97. The molecule has 2 rings (SSSR count). The number of hydrogen-bond acceptors (Lipinski definition) is 4. The summed E-state index contributed by atoms with van der Waals surface area (Å²) >= 11 is 13.3. The minimum Gasteiger partial charge on any atom is -0.468 e. The molecule has 0 unspecified atom stereocenters. The smallest absolute Gasteiger partial charge is 0.315 e. The molecule has 126 valence electrons. The first-order valence-electron chi connectivity index (χ1n) is 6.99. The summed E-state index contributed by atoms with van der Waals surface area (Å²) in [4.78, 5) is 23.3. The number of halogens is 2. The van der Waals surface area contributed by atoms with Gasteiger partial charge in [0.2, 0.25) is 0 Å². The van der Waals surface area contributed by atoms with Gasteiger partial charge in [-0.05, 0) is 35.9 Å². The van der Waals surface area contributed by atoms with Crippen molar-refractivity contribution in [1.29, 1.82) is 0 Å². The van der Waals surface area contributed by atoms with Crippen LogP contribution < -0.4 is 5.32 Å². The molecule has 1 amide bonds. The molecule has 2 aromatic carbocycles. The molecule has 0 bridgehead atoms. The first-order valence-corrected chi connectivity index (χ1v) is 8.90. The number of rotatable bonds is 6. The molecule has 0 aliphatic rings. The fourth-order valence-electron chi connectivity index (χ4n) is 1.87. The van der Waals surface area contributed by atoms with Crippen molar-refractivity contribution in [3.05, 3.63) is 63.6 Å². The highest BCUT2D eigenvalue weighted by molar-refractivity contribution is 7.99. The lowest BCUT2D eigenvalue weighted by molar-refractivity contribution is -0.137. The summed E-state index contributed by atoms with van der Waals surface area (Å²) in [6, 6.07) is 12.1. The second kappa shape index (κ2) is 8.97. The minimum absolute atomic E-state index is 0.247. The number of methoxy groups -OCH3 is 1. The molecule has 0 radical (unpaired) electrons. The van der Waals surface area contributed by atoms with Crippen molar-refractivity contribution in [2.75, 3.05) is 18.2 Å². The number of ether oxygens (including phenoxy) is 1. The van der Waals surface area contributed by atoms with Crippen LogP contribution in [0.15, 0.2) is 42.5 Å². The Morgan fingerprint density at radius 3 is 2.46 bits per heavy atom. The van der Waals surface area contributed by atoms with E-state index in [2.05, 4.69) is 10.1 Å². The summed E-state index contributed by atoms with van der Waals surface area (Å²) in [7, 11) is 1.37. The molecule has 24 heavy (non-hydrogen) atoms. The Morgan fingerprint density at radius 2 is 1.83 bits per heavy atom. The van der Waals surface area contributed by atoms with Crippen LogP contribution in [0.1, 0.15) is 15.9 Å². The van der Waals surface area contributed by atoms with E-state index < -0.39 is 0 Å². The van der Waals surface area contributed by atoms with Crippen LogP contribution >= 0.6 is 35.0 Å². The van der Waals surface area contributed by atoms with Gasteiger partial charge in [0, 0.05) is 16.5 Å². The van der Waals surface area contributed by atoms with E-state index in [9.17, 15) is 9.59 Å². The SMILES string of the molecule is COC(=O)CSCc1ccc(NC(=O)c2ccc(Cl)cc2Cl)cc1. The number of carbonyl (C=O) groups excluding carboxylic acids is 2. The maximum atomic E-state index is 12.2. The molecule has 0 aliphatic carbocycles. The molecule has 0 heterocycles. The standard InChI is InChI=1S/C17H15Cl2NO3S/c1-23-16(21)10-24-9-11-2-5-13(6-3-11)20-17(22)14-7-4-12(18)8-15(14)19/h2-8H,9-10H2,1H3,(H,20,22). The molecule has 0 aromatic heterocycles. The summed E-state index contributed by atoms with van der Waals surface area (Å²) in [5.41, 5.74) is 2.07. The van der Waals surface area contributed by atoms with Gasteiger partial charge in [-0.25, -0.2) is 0 Å². The molecule has 0 atom stereocenters. The third-order valence-corrected chi connectivity index (χ3v) is 4.63. The van der Waals surface area contributed by atoms with Gasteiger partial charge in [0.1, 0.15) is 0 Å². The quantitative estimate of drug-likeness (QED) is 0.737. The van der Waals surface area contributed by atoms with Crippen molar-refractivity contribution in [2.24, 2.45) is 0 Å². The van der Waals surface area contributed by atoms with Crippen molar-refractivity contribution < 1.29 is 14.3 Å². The fraction of sp³-hybridized carbons (Fsp3) is 0.176. The van der Waals surface area contributed by atoms with E-state index in [0.717, 1.165) is 5.56 Å². The van der Waals surface area contributed by atoms with Gasteiger partial charge in [-0.15, -0.1) is 11.8 Å². The number of esters is 1. The Labute approximate surface area is 154 Å². The maximum absolute atomic E-state index is 12.2. The van der Waals surface area contributed by atoms with Crippen molar-refractivity contribution in [3.8, 4) is 0 Å². The van der Waals surface area contributed by atoms with E-state index in [1.54, 1.807) is 24.3 Å². The molecule has 0 saturated heterocycles. The van der Waals surface area contributed by atoms with E-state index in [0.29, 0.717) is 32.8 Å².